The molecule has 0 amide bonds. The maximum absolute atomic E-state index is 5.82. The molecule has 0 N–H and O–H groups in total. The normalized spacial score (nSPS) is 10.7. The van der Waals surface area contributed by atoms with Crippen LogP contribution in [0.2, 0.25) is 0 Å². The molecule has 28 heavy (non-hydrogen) atoms. The first-order valence-corrected chi connectivity index (χ1v) is 9.19. The average molecular weight is 364 g/mol. The van der Waals surface area contributed by atoms with Crippen molar-refractivity contribution in [2.45, 2.75) is 0 Å². The Bertz CT molecular complexity index is 932. The third kappa shape index (κ3) is 4.89. The van der Waals surface area contributed by atoms with E-state index in [1.807, 2.05) is 109 Å². The van der Waals surface area contributed by atoms with Crippen LogP contribution in [0.25, 0.3) is 12.2 Å². The van der Waals surface area contributed by atoms with E-state index in [1.165, 1.54) is 0 Å². The second-order valence-corrected chi connectivity index (χ2v) is 6.30. The lowest BCUT2D eigenvalue weighted by atomic mass is 10.1. The highest BCUT2D eigenvalue weighted by Gasteiger charge is 1.98. The second-order valence-electron chi connectivity index (χ2n) is 6.30. The third-order valence-electron chi connectivity index (χ3n) is 4.19. The molecule has 0 atom stereocenters. The Morgan fingerprint density at radius 1 is 0.357 bits per heavy atom. The summed E-state index contributed by atoms with van der Waals surface area (Å²) in [5.41, 5.74) is 2.23. The maximum atomic E-state index is 5.82. The Morgan fingerprint density at radius 3 is 1.04 bits per heavy atom. The van der Waals surface area contributed by atoms with Gasteiger partial charge in [0.05, 0.1) is 0 Å². The highest BCUT2D eigenvalue weighted by atomic mass is 16.5. The van der Waals surface area contributed by atoms with Crippen molar-refractivity contribution < 1.29 is 9.47 Å². The van der Waals surface area contributed by atoms with Crippen LogP contribution in [0, 0.1) is 0 Å². The molecule has 0 saturated carbocycles. The molecule has 4 aromatic carbocycles. The minimum Gasteiger partial charge on any atom is -0.457 e. The van der Waals surface area contributed by atoms with Gasteiger partial charge in [0.2, 0.25) is 0 Å². The first-order chi connectivity index (χ1) is 13.8. The smallest absolute Gasteiger partial charge is 0.127 e. The predicted octanol–water partition coefficient (Wildman–Crippen LogP) is 7.44. The standard InChI is InChI=1S/C26H20O2/c1-3-7-23(8-4-1)27-25-17-13-21(14-18-25)11-12-22-15-19-26(20-16-22)28-24-9-5-2-6-10-24/h1-20H/b12-11+. The van der Waals surface area contributed by atoms with Gasteiger partial charge >= 0.3 is 0 Å². The first-order valence-electron chi connectivity index (χ1n) is 9.19. The zero-order valence-electron chi connectivity index (χ0n) is 15.4. The molecule has 0 aromatic heterocycles. The third-order valence-corrected chi connectivity index (χ3v) is 4.19. The van der Waals surface area contributed by atoms with Gasteiger partial charge in [-0.15, -0.1) is 0 Å². The van der Waals surface area contributed by atoms with Gasteiger partial charge in [-0.3, -0.25) is 0 Å². The van der Waals surface area contributed by atoms with E-state index in [-0.39, 0.29) is 0 Å². The van der Waals surface area contributed by atoms with Crippen molar-refractivity contribution in [1.82, 2.24) is 0 Å². The van der Waals surface area contributed by atoms with Gasteiger partial charge in [-0.1, -0.05) is 72.8 Å². The Balaban J connectivity index is 1.37. The number of hydrogen-bond donors (Lipinski definition) is 0. The van der Waals surface area contributed by atoms with Gasteiger partial charge in [-0.05, 0) is 59.7 Å². The summed E-state index contributed by atoms with van der Waals surface area (Å²) in [6, 6.07) is 35.6. The average Bonchev–Trinajstić information content (AvgIpc) is 2.76. The monoisotopic (exact) mass is 364 g/mol. The van der Waals surface area contributed by atoms with Crippen LogP contribution in [0.3, 0.4) is 0 Å². The van der Waals surface area contributed by atoms with Crippen molar-refractivity contribution in [3.63, 3.8) is 0 Å². The molecule has 136 valence electrons. The van der Waals surface area contributed by atoms with E-state index < -0.39 is 0 Å². The van der Waals surface area contributed by atoms with Gasteiger partial charge in [0, 0.05) is 0 Å². The highest BCUT2D eigenvalue weighted by Crippen LogP contribution is 2.23. The summed E-state index contributed by atoms with van der Waals surface area (Å²) in [7, 11) is 0. The fraction of sp³-hybridized carbons (Fsp3) is 0. The Hall–Kier alpha value is -3.78. The van der Waals surface area contributed by atoms with Crippen LogP contribution in [-0.4, -0.2) is 0 Å². The summed E-state index contributed by atoms with van der Waals surface area (Å²) in [4.78, 5) is 0. The molecule has 0 aliphatic carbocycles. The van der Waals surface area contributed by atoms with Crippen molar-refractivity contribution in [3.05, 3.63) is 120 Å². The molecule has 2 heteroatoms. The Morgan fingerprint density at radius 2 is 0.679 bits per heavy atom. The van der Waals surface area contributed by atoms with Crippen LogP contribution in [0.15, 0.2) is 109 Å². The van der Waals surface area contributed by atoms with Gasteiger partial charge in [0.15, 0.2) is 0 Å². The lowest BCUT2D eigenvalue weighted by molar-refractivity contribution is 0.482. The van der Waals surface area contributed by atoms with Crippen molar-refractivity contribution >= 4 is 12.2 Å². The molecule has 0 fully saturated rings. The van der Waals surface area contributed by atoms with Crippen LogP contribution in [-0.2, 0) is 0 Å². The molecule has 4 aromatic rings. The number of hydrogen-bond acceptors (Lipinski definition) is 2. The predicted molar refractivity (Wildman–Crippen MR) is 115 cm³/mol. The second kappa shape index (κ2) is 8.74. The number of rotatable bonds is 6. The highest BCUT2D eigenvalue weighted by molar-refractivity contribution is 5.70. The minimum absolute atomic E-state index is 0.825. The number of benzene rings is 4. The van der Waals surface area contributed by atoms with Crippen LogP contribution in [0.1, 0.15) is 11.1 Å². The van der Waals surface area contributed by atoms with Gasteiger partial charge in [-0.25, -0.2) is 0 Å². The Kier molecular flexibility index (Phi) is 5.50. The summed E-state index contributed by atoms with van der Waals surface area (Å²) in [5, 5.41) is 0. The van der Waals surface area contributed by atoms with Crippen molar-refractivity contribution in [3.8, 4) is 23.0 Å². The molecular weight excluding hydrogens is 344 g/mol. The number of para-hydroxylation sites is 2. The number of ether oxygens (including phenoxy) is 2. The first kappa shape index (κ1) is 17.6. The van der Waals surface area contributed by atoms with Crippen LogP contribution >= 0.6 is 0 Å². The van der Waals surface area contributed by atoms with Gasteiger partial charge in [0.25, 0.3) is 0 Å². The van der Waals surface area contributed by atoms with Gasteiger partial charge < -0.3 is 9.47 Å². The largest absolute Gasteiger partial charge is 0.457 e. The fourth-order valence-corrected chi connectivity index (χ4v) is 2.74. The van der Waals surface area contributed by atoms with E-state index in [0.717, 1.165) is 34.1 Å². The van der Waals surface area contributed by atoms with E-state index >= 15 is 0 Å². The summed E-state index contributed by atoms with van der Waals surface area (Å²) in [6.45, 7) is 0. The molecule has 0 spiro atoms. The molecule has 2 nitrogen and oxygen atoms in total. The van der Waals surface area contributed by atoms with Crippen LogP contribution in [0.5, 0.6) is 23.0 Å². The van der Waals surface area contributed by atoms with Crippen LogP contribution in [0.4, 0.5) is 0 Å². The molecule has 0 unspecified atom stereocenters. The lowest BCUT2D eigenvalue weighted by Crippen LogP contribution is -1.84. The van der Waals surface area contributed by atoms with E-state index in [0.29, 0.717) is 0 Å². The van der Waals surface area contributed by atoms with E-state index in [4.69, 9.17) is 9.47 Å². The SMILES string of the molecule is C(=C\c1ccc(Oc2ccccc2)cc1)/c1ccc(Oc2ccccc2)cc1. The molecule has 4 rings (SSSR count). The molecule has 0 aliphatic rings. The summed E-state index contributed by atoms with van der Waals surface area (Å²) in [5.74, 6) is 3.32. The van der Waals surface area contributed by atoms with E-state index in [9.17, 15) is 0 Å². The zero-order chi connectivity index (χ0) is 19.0. The molecule has 0 aliphatic heterocycles. The van der Waals surface area contributed by atoms with Crippen molar-refractivity contribution in [1.29, 1.82) is 0 Å². The molecular formula is C26H20O2. The molecule has 0 saturated heterocycles. The van der Waals surface area contributed by atoms with E-state index in [2.05, 4.69) is 12.2 Å². The fourth-order valence-electron chi connectivity index (χ4n) is 2.74. The topological polar surface area (TPSA) is 18.5 Å². The van der Waals surface area contributed by atoms with E-state index in [1.54, 1.807) is 0 Å². The minimum atomic E-state index is 0.825. The lowest BCUT2D eigenvalue weighted by Gasteiger charge is -2.06. The summed E-state index contributed by atoms with van der Waals surface area (Å²) >= 11 is 0. The summed E-state index contributed by atoms with van der Waals surface area (Å²) < 4.78 is 11.6. The van der Waals surface area contributed by atoms with Gasteiger partial charge in [0.1, 0.15) is 23.0 Å². The molecule has 0 heterocycles. The maximum Gasteiger partial charge on any atom is 0.127 e. The molecule has 0 radical (unpaired) electrons. The molecule has 0 bridgehead atoms. The quantitative estimate of drug-likeness (QED) is 0.331. The zero-order valence-corrected chi connectivity index (χ0v) is 15.4. The van der Waals surface area contributed by atoms with Gasteiger partial charge in [-0.2, -0.15) is 0 Å². The summed E-state index contributed by atoms with van der Waals surface area (Å²) in [6.07, 6.45) is 4.17. The van der Waals surface area contributed by atoms with Crippen LogP contribution < -0.4 is 9.47 Å². The van der Waals surface area contributed by atoms with Crippen molar-refractivity contribution in [2.75, 3.05) is 0 Å². The Labute approximate surface area is 165 Å². The van der Waals surface area contributed by atoms with Crippen molar-refractivity contribution in [2.24, 2.45) is 0 Å².